The molecule has 0 spiro atoms. The fourth-order valence-electron chi connectivity index (χ4n) is 1.67. The van der Waals surface area contributed by atoms with Gasteiger partial charge in [-0.15, -0.1) is 0 Å². The molecule has 0 fully saturated rings. The molecule has 0 radical (unpaired) electrons. The Labute approximate surface area is 113 Å². The number of rotatable bonds is 6. The van der Waals surface area contributed by atoms with Gasteiger partial charge in [0.2, 0.25) is 5.91 Å². The van der Waals surface area contributed by atoms with Crippen molar-refractivity contribution in [2.24, 2.45) is 0 Å². The predicted octanol–water partition coefficient (Wildman–Crippen LogP) is 1.04. The lowest BCUT2D eigenvalue weighted by Crippen LogP contribution is -2.26. The van der Waals surface area contributed by atoms with Crippen LogP contribution in [0.25, 0.3) is 0 Å². The number of benzene rings is 1. The summed E-state index contributed by atoms with van der Waals surface area (Å²) in [5.74, 6) is -0.299. The van der Waals surface area contributed by atoms with Gasteiger partial charge in [-0.05, 0) is 24.7 Å². The maximum absolute atomic E-state index is 11.3. The van der Waals surface area contributed by atoms with Crippen LogP contribution in [-0.2, 0) is 16.1 Å². The minimum absolute atomic E-state index is 0.0351. The molecule has 1 rings (SSSR count). The number of carbonyl (C=O) groups excluding carboxylic acids is 2. The summed E-state index contributed by atoms with van der Waals surface area (Å²) in [4.78, 5) is 24.5. The summed E-state index contributed by atoms with van der Waals surface area (Å²) in [6, 6.07) is 7.27. The average Bonchev–Trinajstić information content (AvgIpc) is 2.44. The maximum atomic E-state index is 11.3. The first-order chi connectivity index (χ1) is 9.06. The number of nitrogens with zero attached hydrogens (tertiary/aromatic N) is 1. The first-order valence-corrected chi connectivity index (χ1v) is 6.13. The molecule has 1 aromatic rings. The summed E-state index contributed by atoms with van der Waals surface area (Å²) >= 11 is 0. The van der Waals surface area contributed by atoms with E-state index in [-0.39, 0.29) is 11.9 Å². The van der Waals surface area contributed by atoms with Crippen LogP contribution < -0.4 is 5.32 Å². The quantitative estimate of drug-likeness (QED) is 0.780. The predicted molar refractivity (Wildman–Crippen MR) is 72.8 cm³/mol. The van der Waals surface area contributed by atoms with Gasteiger partial charge in [-0.25, -0.2) is 4.79 Å². The molecule has 0 saturated carbocycles. The molecular weight excluding hydrogens is 244 g/mol. The monoisotopic (exact) mass is 264 g/mol. The fraction of sp³-hybridized carbons (Fsp3) is 0.429. The van der Waals surface area contributed by atoms with E-state index in [1.165, 1.54) is 7.11 Å². The van der Waals surface area contributed by atoms with Crippen LogP contribution in [0.15, 0.2) is 24.3 Å². The smallest absolute Gasteiger partial charge is 0.337 e. The van der Waals surface area contributed by atoms with Crippen LogP contribution in [-0.4, -0.2) is 44.5 Å². The second-order valence-corrected chi connectivity index (χ2v) is 4.35. The number of amides is 1. The first-order valence-electron chi connectivity index (χ1n) is 6.13. The van der Waals surface area contributed by atoms with Gasteiger partial charge in [0.15, 0.2) is 0 Å². The lowest BCUT2D eigenvalue weighted by atomic mass is 10.1. The third-order valence-corrected chi connectivity index (χ3v) is 2.83. The average molecular weight is 264 g/mol. The molecule has 0 aliphatic heterocycles. The molecule has 0 aliphatic carbocycles. The zero-order chi connectivity index (χ0) is 14.3. The molecule has 5 heteroatoms. The van der Waals surface area contributed by atoms with E-state index in [9.17, 15) is 9.59 Å². The Morgan fingerprint density at radius 2 is 1.89 bits per heavy atom. The third-order valence-electron chi connectivity index (χ3n) is 2.83. The van der Waals surface area contributed by atoms with Crippen molar-refractivity contribution >= 4 is 11.9 Å². The third kappa shape index (κ3) is 5.09. The molecule has 0 aromatic heterocycles. The van der Waals surface area contributed by atoms with Crippen molar-refractivity contribution < 1.29 is 14.3 Å². The lowest BCUT2D eigenvalue weighted by Gasteiger charge is -2.16. The van der Waals surface area contributed by atoms with Crippen molar-refractivity contribution in [2.75, 3.05) is 27.7 Å². The van der Waals surface area contributed by atoms with Crippen molar-refractivity contribution in [1.82, 2.24) is 10.2 Å². The van der Waals surface area contributed by atoms with E-state index >= 15 is 0 Å². The van der Waals surface area contributed by atoms with Crippen LogP contribution in [0.3, 0.4) is 0 Å². The molecular formula is C14H20N2O3. The number of ether oxygens (including phenoxy) is 1. The summed E-state index contributed by atoms with van der Waals surface area (Å²) in [6.07, 6.45) is 0.479. The summed E-state index contributed by atoms with van der Waals surface area (Å²) < 4.78 is 4.64. The van der Waals surface area contributed by atoms with Gasteiger partial charge in [0.25, 0.3) is 0 Å². The molecule has 1 aromatic carbocycles. The zero-order valence-corrected chi connectivity index (χ0v) is 11.6. The van der Waals surface area contributed by atoms with Crippen LogP contribution in [0.4, 0.5) is 0 Å². The second kappa shape index (κ2) is 7.53. The van der Waals surface area contributed by atoms with E-state index in [2.05, 4.69) is 15.0 Å². The Morgan fingerprint density at radius 3 is 2.42 bits per heavy atom. The summed E-state index contributed by atoms with van der Waals surface area (Å²) in [5.41, 5.74) is 1.63. The SMILES string of the molecule is CNC(=O)CCN(C)Cc1ccc(C(=O)OC)cc1. The molecule has 0 bridgehead atoms. The number of carbonyl (C=O) groups is 2. The molecule has 0 atom stereocenters. The second-order valence-electron chi connectivity index (χ2n) is 4.35. The maximum Gasteiger partial charge on any atom is 0.337 e. The fourth-order valence-corrected chi connectivity index (χ4v) is 1.67. The van der Waals surface area contributed by atoms with Crippen LogP contribution in [0.1, 0.15) is 22.3 Å². The van der Waals surface area contributed by atoms with Crippen molar-refractivity contribution in [1.29, 1.82) is 0 Å². The van der Waals surface area contributed by atoms with Crippen LogP contribution in [0.2, 0.25) is 0 Å². The topological polar surface area (TPSA) is 58.6 Å². The van der Waals surface area contributed by atoms with E-state index in [1.807, 2.05) is 19.2 Å². The first kappa shape index (κ1) is 15.2. The van der Waals surface area contributed by atoms with Gasteiger partial charge >= 0.3 is 5.97 Å². The minimum Gasteiger partial charge on any atom is -0.465 e. The number of esters is 1. The van der Waals surface area contributed by atoms with Crippen LogP contribution in [0.5, 0.6) is 0 Å². The number of methoxy groups -OCH3 is 1. The van der Waals surface area contributed by atoms with E-state index < -0.39 is 0 Å². The molecule has 0 saturated heterocycles. The largest absolute Gasteiger partial charge is 0.465 e. The highest BCUT2D eigenvalue weighted by atomic mass is 16.5. The molecule has 0 unspecified atom stereocenters. The summed E-state index contributed by atoms with van der Waals surface area (Å²) in [6.45, 7) is 1.43. The Balaban J connectivity index is 2.48. The Hall–Kier alpha value is -1.88. The van der Waals surface area contributed by atoms with Gasteiger partial charge < -0.3 is 15.0 Å². The Bertz CT molecular complexity index is 429. The standard InChI is InChI=1S/C14H20N2O3/c1-15-13(17)8-9-16(2)10-11-4-6-12(7-5-11)14(18)19-3/h4-7H,8-10H2,1-3H3,(H,15,17). The molecule has 1 N–H and O–H groups in total. The van der Waals surface area contributed by atoms with Gasteiger partial charge in [0, 0.05) is 26.6 Å². The molecule has 104 valence electrons. The molecule has 1 amide bonds. The molecule has 5 nitrogen and oxygen atoms in total. The van der Waals surface area contributed by atoms with Gasteiger partial charge in [0.05, 0.1) is 12.7 Å². The molecule has 19 heavy (non-hydrogen) atoms. The number of hydrogen-bond donors (Lipinski definition) is 1. The summed E-state index contributed by atoms with van der Waals surface area (Å²) in [5, 5.41) is 2.59. The van der Waals surface area contributed by atoms with E-state index in [0.29, 0.717) is 18.5 Å². The Kier molecular flexibility index (Phi) is 6.02. The molecule has 0 heterocycles. The minimum atomic E-state index is -0.334. The highest BCUT2D eigenvalue weighted by molar-refractivity contribution is 5.89. The van der Waals surface area contributed by atoms with Gasteiger partial charge in [0.1, 0.15) is 0 Å². The lowest BCUT2D eigenvalue weighted by molar-refractivity contribution is -0.120. The van der Waals surface area contributed by atoms with Crippen molar-refractivity contribution in [2.45, 2.75) is 13.0 Å². The van der Waals surface area contributed by atoms with E-state index in [1.54, 1.807) is 19.2 Å². The zero-order valence-electron chi connectivity index (χ0n) is 11.6. The van der Waals surface area contributed by atoms with Crippen molar-refractivity contribution in [3.8, 4) is 0 Å². The Morgan fingerprint density at radius 1 is 1.26 bits per heavy atom. The summed E-state index contributed by atoms with van der Waals surface area (Å²) in [7, 11) is 4.95. The van der Waals surface area contributed by atoms with Crippen LogP contribution in [0, 0.1) is 0 Å². The van der Waals surface area contributed by atoms with E-state index in [4.69, 9.17) is 0 Å². The van der Waals surface area contributed by atoms with Crippen LogP contribution >= 0.6 is 0 Å². The highest BCUT2D eigenvalue weighted by Gasteiger charge is 2.06. The van der Waals surface area contributed by atoms with Crippen molar-refractivity contribution in [3.05, 3.63) is 35.4 Å². The van der Waals surface area contributed by atoms with Gasteiger partial charge in [-0.1, -0.05) is 12.1 Å². The van der Waals surface area contributed by atoms with Gasteiger partial charge in [-0.3, -0.25) is 4.79 Å². The molecule has 0 aliphatic rings. The highest BCUT2D eigenvalue weighted by Crippen LogP contribution is 2.08. The van der Waals surface area contributed by atoms with Gasteiger partial charge in [-0.2, -0.15) is 0 Å². The number of hydrogen-bond acceptors (Lipinski definition) is 4. The van der Waals surface area contributed by atoms with Crippen molar-refractivity contribution in [3.63, 3.8) is 0 Å². The van der Waals surface area contributed by atoms with E-state index in [0.717, 1.165) is 12.1 Å². The normalized spacial score (nSPS) is 10.3. The number of nitrogens with one attached hydrogen (secondary N) is 1.